The van der Waals surface area contributed by atoms with Gasteiger partial charge >= 0.3 is 5.97 Å². The van der Waals surface area contributed by atoms with E-state index < -0.39 is 0 Å². The summed E-state index contributed by atoms with van der Waals surface area (Å²) < 4.78 is 4.59. The summed E-state index contributed by atoms with van der Waals surface area (Å²) in [6.45, 7) is 0.148. The normalized spacial score (nSPS) is 22.4. The monoisotopic (exact) mass is 271 g/mol. The maximum Gasteiger partial charge on any atom is 0.305 e. The molecule has 0 aromatic heterocycles. The highest BCUT2D eigenvalue weighted by atomic mass is 16.6. The van der Waals surface area contributed by atoms with Gasteiger partial charge in [-0.25, -0.2) is 0 Å². The largest absolute Gasteiger partial charge is 0.469 e. The predicted molar refractivity (Wildman–Crippen MR) is 72.4 cm³/mol. The van der Waals surface area contributed by atoms with E-state index in [-0.39, 0.29) is 17.4 Å². The molecule has 0 aliphatic heterocycles. The summed E-state index contributed by atoms with van der Waals surface area (Å²) in [5, 5.41) is 10.4. The Balaban J connectivity index is 1.96. The average Bonchev–Trinajstić information content (AvgIpc) is 2.79. The summed E-state index contributed by atoms with van der Waals surface area (Å²) in [5.74, 6) is 0.864. The fraction of sp³-hybridized carbons (Fsp3) is 0.929. The molecular weight excluding hydrogens is 246 g/mol. The first-order valence-corrected chi connectivity index (χ1v) is 7.30. The first-order chi connectivity index (χ1) is 9.11. The van der Waals surface area contributed by atoms with E-state index in [1.807, 2.05) is 0 Å². The first-order valence-electron chi connectivity index (χ1n) is 7.30. The first kappa shape index (κ1) is 15.9. The summed E-state index contributed by atoms with van der Waals surface area (Å²) in [6, 6.07) is 0. The Morgan fingerprint density at radius 2 is 1.89 bits per heavy atom. The molecule has 0 aromatic rings. The number of esters is 1. The van der Waals surface area contributed by atoms with Gasteiger partial charge in [-0.15, -0.1) is 0 Å². The maximum atomic E-state index is 10.9. The summed E-state index contributed by atoms with van der Waals surface area (Å²) in [5.41, 5.74) is 0. The Bertz CT molecular complexity index is 293. The standard InChI is InChI=1S/C14H25NO4/c1-19-14(16)7-5-3-2-4-6-12-8-9-13(10-12)11-15(17)18/h12-13H,2-11H2,1H3. The van der Waals surface area contributed by atoms with Gasteiger partial charge in [0.15, 0.2) is 0 Å². The number of carbonyl (C=O) groups excluding carboxylic acids is 1. The number of methoxy groups -OCH3 is 1. The molecule has 1 saturated carbocycles. The number of ether oxygens (including phenoxy) is 1. The van der Waals surface area contributed by atoms with E-state index in [9.17, 15) is 14.9 Å². The smallest absolute Gasteiger partial charge is 0.305 e. The number of hydrogen-bond acceptors (Lipinski definition) is 4. The fourth-order valence-electron chi connectivity index (χ4n) is 2.98. The second-order valence-electron chi connectivity index (χ2n) is 5.59. The van der Waals surface area contributed by atoms with Crippen LogP contribution < -0.4 is 0 Å². The minimum absolute atomic E-state index is 0.126. The number of unbranched alkanes of at least 4 members (excludes halogenated alkanes) is 3. The van der Waals surface area contributed by atoms with Crippen molar-refractivity contribution in [2.45, 2.75) is 57.8 Å². The zero-order valence-corrected chi connectivity index (χ0v) is 11.8. The summed E-state index contributed by atoms with van der Waals surface area (Å²) >= 11 is 0. The van der Waals surface area contributed by atoms with Gasteiger partial charge in [-0.3, -0.25) is 14.9 Å². The lowest BCUT2D eigenvalue weighted by Crippen LogP contribution is -2.11. The molecule has 110 valence electrons. The minimum Gasteiger partial charge on any atom is -0.469 e. The van der Waals surface area contributed by atoms with Crippen molar-refractivity contribution in [3.05, 3.63) is 10.1 Å². The molecule has 0 spiro atoms. The van der Waals surface area contributed by atoms with Crippen LogP contribution in [0.15, 0.2) is 0 Å². The molecule has 1 fully saturated rings. The van der Waals surface area contributed by atoms with Crippen LogP contribution in [-0.2, 0) is 9.53 Å². The molecule has 0 aromatic carbocycles. The zero-order valence-electron chi connectivity index (χ0n) is 11.8. The molecule has 1 aliphatic carbocycles. The highest BCUT2D eigenvalue weighted by Gasteiger charge is 2.27. The molecule has 0 N–H and O–H groups in total. The molecule has 0 heterocycles. The van der Waals surface area contributed by atoms with Crippen molar-refractivity contribution in [3.63, 3.8) is 0 Å². The third-order valence-electron chi connectivity index (χ3n) is 4.03. The van der Waals surface area contributed by atoms with E-state index in [4.69, 9.17) is 0 Å². The summed E-state index contributed by atoms with van der Waals surface area (Å²) in [6.07, 6.45) is 9.21. The van der Waals surface area contributed by atoms with Gasteiger partial charge in [-0.2, -0.15) is 0 Å². The van der Waals surface area contributed by atoms with Gasteiger partial charge < -0.3 is 4.74 Å². The van der Waals surface area contributed by atoms with Crippen molar-refractivity contribution in [1.82, 2.24) is 0 Å². The van der Waals surface area contributed by atoms with Crippen molar-refractivity contribution in [2.24, 2.45) is 11.8 Å². The highest BCUT2D eigenvalue weighted by Crippen LogP contribution is 2.34. The fourth-order valence-corrected chi connectivity index (χ4v) is 2.98. The van der Waals surface area contributed by atoms with Gasteiger partial charge in [0.25, 0.3) is 0 Å². The second kappa shape index (κ2) is 8.88. The van der Waals surface area contributed by atoms with Gasteiger partial charge in [0.05, 0.1) is 7.11 Å². The van der Waals surface area contributed by atoms with E-state index >= 15 is 0 Å². The topological polar surface area (TPSA) is 69.4 Å². The number of carbonyl (C=O) groups is 1. The molecule has 1 rings (SSSR count). The van der Waals surface area contributed by atoms with Crippen LogP contribution in [0.25, 0.3) is 0 Å². The predicted octanol–water partition coefficient (Wildman–Crippen LogP) is 3.19. The highest BCUT2D eigenvalue weighted by molar-refractivity contribution is 5.68. The summed E-state index contributed by atoms with van der Waals surface area (Å²) in [7, 11) is 1.42. The molecule has 2 atom stereocenters. The van der Waals surface area contributed by atoms with Crippen LogP contribution in [0.1, 0.15) is 57.8 Å². The lowest BCUT2D eigenvalue weighted by atomic mass is 9.98. The third-order valence-corrected chi connectivity index (χ3v) is 4.03. The summed E-state index contributed by atoms with van der Waals surface area (Å²) in [4.78, 5) is 21.2. The van der Waals surface area contributed by atoms with Crippen LogP contribution in [0.2, 0.25) is 0 Å². The quantitative estimate of drug-likeness (QED) is 0.279. The van der Waals surface area contributed by atoms with Crippen LogP contribution in [0.5, 0.6) is 0 Å². The van der Waals surface area contributed by atoms with Crippen LogP contribution >= 0.6 is 0 Å². The SMILES string of the molecule is COC(=O)CCCCCCC1CCC(C[N+](=O)[O-])C1. The van der Waals surface area contributed by atoms with Crippen molar-refractivity contribution in [1.29, 1.82) is 0 Å². The number of nitro groups is 1. The molecule has 5 heteroatoms. The molecular formula is C14H25NO4. The van der Waals surface area contributed by atoms with Crippen molar-refractivity contribution >= 4 is 5.97 Å². The van der Waals surface area contributed by atoms with Crippen LogP contribution in [-0.4, -0.2) is 24.5 Å². The van der Waals surface area contributed by atoms with Gasteiger partial charge in [-0.1, -0.05) is 25.7 Å². The Hall–Kier alpha value is -1.13. The number of rotatable bonds is 9. The van der Waals surface area contributed by atoms with E-state index in [0.717, 1.165) is 38.5 Å². The van der Waals surface area contributed by atoms with E-state index in [1.165, 1.54) is 20.0 Å². The molecule has 0 amide bonds. The van der Waals surface area contributed by atoms with E-state index in [1.54, 1.807) is 0 Å². The van der Waals surface area contributed by atoms with Gasteiger partial charge in [0.2, 0.25) is 6.54 Å². The van der Waals surface area contributed by atoms with Crippen molar-refractivity contribution < 1.29 is 14.5 Å². The molecule has 5 nitrogen and oxygen atoms in total. The Labute approximate surface area is 114 Å². The zero-order chi connectivity index (χ0) is 14.1. The van der Waals surface area contributed by atoms with Crippen molar-refractivity contribution in [2.75, 3.05) is 13.7 Å². The molecule has 1 aliphatic rings. The Kier molecular flexibility index (Phi) is 7.45. The number of hydrogen-bond donors (Lipinski definition) is 0. The Morgan fingerprint density at radius 1 is 1.21 bits per heavy atom. The Morgan fingerprint density at radius 3 is 2.58 bits per heavy atom. The van der Waals surface area contributed by atoms with Crippen LogP contribution in [0.3, 0.4) is 0 Å². The molecule has 0 bridgehead atoms. The molecule has 0 radical (unpaired) electrons. The van der Waals surface area contributed by atoms with Gasteiger partial charge in [-0.05, 0) is 31.6 Å². The third kappa shape index (κ3) is 7.13. The molecule has 19 heavy (non-hydrogen) atoms. The van der Waals surface area contributed by atoms with Gasteiger partial charge in [0.1, 0.15) is 0 Å². The van der Waals surface area contributed by atoms with Crippen molar-refractivity contribution in [3.8, 4) is 0 Å². The van der Waals surface area contributed by atoms with E-state index in [0.29, 0.717) is 18.3 Å². The second-order valence-corrected chi connectivity index (χ2v) is 5.59. The minimum atomic E-state index is -0.181. The average molecular weight is 271 g/mol. The lowest BCUT2D eigenvalue weighted by molar-refractivity contribution is -0.488. The van der Waals surface area contributed by atoms with E-state index in [2.05, 4.69) is 4.74 Å². The maximum absolute atomic E-state index is 10.9. The molecule has 2 unspecified atom stereocenters. The van der Waals surface area contributed by atoms with Gasteiger partial charge in [0, 0.05) is 17.3 Å². The lowest BCUT2D eigenvalue weighted by Gasteiger charge is -2.09. The molecule has 0 saturated heterocycles. The number of nitrogens with zero attached hydrogens (tertiary/aromatic N) is 1. The van der Waals surface area contributed by atoms with Crippen LogP contribution in [0, 0.1) is 22.0 Å². The van der Waals surface area contributed by atoms with Crippen LogP contribution in [0.4, 0.5) is 0 Å².